The number of aliphatic hydroxyl groups excluding tert-OH is 3. The van der Waals surface area contributed by atoms with E-state index in [1.807, 2.05) is 37.2 Å². The highest BCUT2D eigenvalue weighted by Gasteiger charge is 2.53. The quantitative estimate of drug-likeness (QED) is 0.429. The van der Waals surface area contributed by atoms with Crippen LogP contribution in [0.2, 0.25) is 0 Å². The molecule has 0 bridgehead atoms. The number of hydrogen-bond acceptors (Lipinski definition) is 6. The van der Waals surface area contributed by atoms with Gasteiger partial charge in [0.1, 0.15) is 6.10 Å². The first kappa shape index (κ1) is 24.8. The van der Waals surface area contributed by atoms with Gasteiger partial charge in [-0.2, -0.15) is 0 Å². The van der Waals surface area contributed by atoms with Crippen molar-refractivity contribution in [1.29, 1.82) is 0 Å². The summed E-state index contributed by atoms with van der Waals surface area (Å²) >= 11 is 0. The number of fused-ring (bicyclic) bond motifs is 4. The van der Waals surface area contributed by atoms with Crippen LogP contribution >= 0.6 is 0 Å². The Bertz CT molecular complexity index is 1420. The first-order valence-corrected chi connectivity index (χ1v) is 13.2. The van der Waals surface area contributed by atoms with E-state index in [-0.39, 0.29) is 22.9 Å². The molecule has 4 aliphatic rings. The summed E-state index contributed by atoms with van der Waals surface area (Å²) in [4.78, 5) is 16.8. The Labute approximate surface area is 216 Å². The van der Waals surface area contributed by atoms with Crippen molar-refractivity contribution in [3.63, 3.8) is 0 Å². The van der Waals surface area contributed by atoms with Crippen LogP contribution in [0.5, 0.6) is 0 Å². The van der Waals surface area contributed by atoms with Crippen molar-refractivity contribution < 1.29 is 20.4 Å². The Kier molecular flexibility index (Phi) is 5.68. The molecule has 196 valence electrons. The van der Waals surface area contributed by atoms with Crippen LogP contribution in [0.1, 0.15) is 44.6 Å². The molecule has 1 aromatic carbocycles. The van der Waals surface area contributed by atoms with E-state index in [1.54, 1.807) is 12.3 Å². The zero-order chi connectivity index (χ0) is 26.3. The van der Waals surface area contributed by atoms with E-state index in [0.717, 1.165) is 28.5 Å². The molecule has 2 unspecified atom stereocenters. The zero-order valence-electron chi connectivity index (χ0n) is 21.6. The molecule has 0 spiro atoms. The smallest absolute Gasteiger partial charge is 0.255 e. The summed E-state index contributed by atoms with van der Waals surface area (Å²) < 4.78 is 0. The largest absolute Gasteiger partial charge is 0.388 e. The average Bonchev–Trinajstić information content (AvgIpc) is 3.10. The molecule has 7 nitrogen and oxygen atoms in total. The summed E-state index contributed by atoms with van der Waals surface area (Å²) in [5, 5.41) is 46.6. The zero-order valence-corrected chi connectivity index (χ0v) is 21.6. The first-order chi connectivity index (χ1) is 17.5. The van der Waals surface area contributed by atoms with Crippen LogP contribution in [0.15, 0.2) is 64.1 Å². The third-order valence-electron chi connectivity index (χ3n) is 9.70. The summed E-state index contributed by atoms with van der Waals surface area (Å²) in [6.07, 6.45) is 5.56. The molecule has 7 atom stereocenters. The second-order valence-corrected chi connectivity index (χ2v) is 11.9. The lowest BCUT2D eigenvalue weighted by atomic mass is 9.61. The Morgan fingerprint density at radius 2 is 1.89 bits per heavy atom. The van der Waals surface area contributed by atoms with Crippen molar-refractivity contribution in [3.05, 3.63) is 75.3 Å². The normalized spacial score (nSPS) is 37.6. The SMILES string of the molecule is CN(C)[C@H]1C[C@]2(O)CCC3=C(C=C2[C@@H](O)[C@@H]1O)C(O)C[C@]1(C)C(c2ccc4c(=O)[nH]ccc4c2)=CCC31. The molecule has 2 aromatic rings. The van der Waals surface area contributed by atoms with E-state index >= 15 is 0 Å². The number of rotatable bonds is 2. The van der Waals surface area contributed by atoms with Crippen LogP contribution in [0.4, 0.5) is 0 Å². The van der Waals surface area contributed by atoms with Crippen molar-refractivity contribution in [3.8, 4) is 0 Å². The number of likely N-dealkylation sites (N-methyl/N-ethyl adjacent to an activating group) is 1. The molecule has 0 aliphatic heterocycles. The number of hydrogen-bond donors (Lipinski definition) is 5. The average molecular weight is 505 g/mol. The molecule has 0 amide bonds. The Morgan fingerprint density at radius 3 is 2.65 bits per heavy atom. The molecule has 4 aliphatic carbocycles. The Balaban J connectivity index is 1.38. The van der Waals surface area contributed by atoms with E-state index in [1.165, 1.54) is 5.57 Å². The van der Waals surface area contributed by atoms with Gasteiger partial charge >= 0.3 is 0 Å². The van der Waals surface area contributed by atoms with E-state index < -0.39 is 23.9 Å². The van der Waals surface area contributed by atoms with Crippen LogP contribution in [-0.2, 0) is 0 Å². The third-order valence-corrected chi connectivity index (χ3v) is 9.70. The number of pyridine rings is 1. The standard InChI is InChI=1S/C30H36N2O5/c1-29-15-25(33)20-13-23-26(34)27(35)24(32(2)3)14-30(23,37)10-8-19(20)22(29)7-6-21(29)17-4-5-18-16(12-17)9-11-31-28(18)36/h4-6,9,11-13,22,24-27,33-35,37H,7-8,10,14-15H2,1-3H3,(H,31,36)/t22?,24-,25?,26+,27+,29+,30+/m0/s1. The van der Waals surface area contributed by atoms with Gasteiger partial charge in [-0.25, -0.2) is 0 Å². The number of benzene rings is 1. The Hall–Kier alpha value is -2.55. The van der Waals surface area contributed by atoms with E-state index in [0.29, 0.717) is 36.6 Å². The molecule has 37 heavy (non-hydrogen) atoms. The molecule has 6 rings (SSSR count). The molecular formula is C30H36N2O5. The minimum Gasteiger partial charge on any atom is -0.388 e. The summed E-state index contributed by atoms with van der Waals surface area (Å²) in [5.41, 5.74) is 2.97. The van der Waals surface area contributed by atoms with Crippen LogP contribution < -0.4 is 5.56 Å². The van der Waals surface area contributed by atoms with Crippen LogP contribution in [0.25, 0.3) is 16.3 Å². The van der Waals surface area contributed by atoms with Crippen molar-refractivity contribution in [2.24, 2.45) is 11.3 Å². The lowest BCUT2D eigenvalue weighted by Crippen LogP contribution is -2.58. The van der Waals surface area contributed by atoms with Gasteiger partial charge in [0.25, 0.3) is 5.56 Å². The molecule has 5 N–H and O–H groups in total. The minimum atomic E-state index is -1.23. The number of aliphatic hydroxyl groups is 4. The molecule has 1 fully saturated rings. The second-order valence-electron chi connectivity index (χ2n) is 11.9. The maximum absolute atomic E-state index is 12.2. The number of nitrogens with one attached hydrogen (secondary N) is 1. The summed E-state index contributed by atoms with van der Waals surface area (Å²) in [5.74, 6) is 0.170. The highest BCUT2D eigenvalue weighted by molar-refractivity contribution is 5.87. The van der Waals surface area contributed by atoms with E-state index in [4.69, 9.17) is 0 Å². The monoisotopic (exact) mass is 504 g/mol. The van der Waals surface area contributed by atoms with Gasteiger partial charge < -0.3 is 30.3 Å². The molecule has 0 saturated heterocycles. The fourth-order valence-corrected chi connectivity index (χ4v) is 7.65. The fraction of sp³-hybridized carbons (Fsp3) is 0.500. The van der Waals surface area contributed by atoms with Gasteiger partial charge in [0.2, 0.25) is 0 Å². The number of aromatic amines is 1. The van der Waals surface area contributed by atoms with Gasteiger partial charge in [0.15, 0.2) is 0 Å². The number of nitrogens with zero attached hydrogens (tertiary/aromatic N) is 1. The summed E-state index contributed by atoms with van der Waals surface area (Å²) in [7, 11) is 3.70. The van der Waals surface area contributed by atoms with Crippen LogP contribution in [-0.4, -0.2) is 74.4 Å². The third kappa shape index (κ3) is 3.63. The lowest BCUT2D eigenvalue weighted by Gasteiger charge is -2.46. The van der Waals surface area contributed by atoms with Gasteiger partial charge in [-0.3, -0.25) is 4.79 Å². The Morgan fingerprint density at radius 1 is 1.11 bits per heavy atom. The van der Waals surface area contributed by atoms with Gasteiger partial charge in [0, 0.05) is 23.0 Å². The number of allylic oxidation sites excluding steroid dienone is 3. The first-order valence-electron chi connectivity index (χ1n) is 13.2. The second kappa shape index (κ2) is 8.48. The van der Waals surface area contributed by atoms with Crippen molar-refractivity contribution in [2.75, 3.05) is 14.1 Å². The minimum absolute atomic E-state index is 0.105. The van der Waals surface area contributed by atoms with Crippen molar-refractivity contribution in [2.45, 2.75) is 69.0 Å². The van der Waals surface area contributed by atoms with Gasteiger partial charge in [-0.05, 0) is 98.0 Å². The molecular weight excluding hydrogens is 468 g/mol. The van der Waals surface area contributed by atoms with E-state index in [2.05, 4.69) is 24.1 Å². The molecule has 7 heteroatoms. The fourth-order valence-electron chi connectivity index (χ4n) is 7.65. The van der Waals surface area contributed by atoms with Gasteiger partial charge in [-0.1, -0.05) is 30.7 Å². The highest BCUT2D eigenvalue weighted by atomic mass is 16.3. The van der Waals surface area contributed by atoms with Gasteiger partial charge in [0.05, 0.1) is 17.8 Å². The van der Waals surface area contributed by atoms with Crippen molar-refractivity contribution >= 4 is 16.3 Å². The predicted molar refractivity (Wildman–Crippen MR) is 143 cm³/mol. The molecule has 1 heterocycles. The predicted octanol–water partition coefficient (Wildman–Crippen LogP) is 2.51. The van der Waals surface area contributed by atoms with Gasteiger partial charge in [-0.15, -0.1) is 0 Å². The highest BCUT2D eigenvalue weighted by Crippen LogP contribution is 2.60. The van der Waals surface area contributed by atoms with Crippen LogP contribution in [0, 0.1) is 11.3 Å². The maximum atomic E-state index is 12.2. The van der Waals surface area contributed by atoms with Crippen LogP contribution in [0.3, 0.4) is 0 Å². The maximum Gasteiger partial charge on any atom is 0.255 e. The summed E-state index contributed by atoms with van der Waals surface area (Å²) in [6.45, 7) is 2.21. The number of aromatic nitrogens is 1. The topological polar surface area (TPSA) is 117 Å². The molecule has 1 saturated carbocycles. The molecule has 0 radical (unpaired) electrons. The van der Waals surface area contributed by atoms with E-state index in [9.17, 15) is 25.2 Å². The lowest BCUT2D eigenvalue weighted by molar-refractivity contribution is -0.0922. The van der Waals surface area contributed by atoms with Crippen molar-refractivity contribution in [1.82, 2.24) is 9.88 Å². The number of H-pyrrole nitrogens is 1. The molecule has 1 aromatic heterocycles. The summed E-state index contributed by atoms with van der Waals surface area (Å²) in [6, 6.07) is 7.48.